The zero-order valence-electron chi connectivity index (χ0n) is 16.8. The molecule has 160 valence electrons. The molecule has 0 bridgehead atoms. The van der Waals surface area contributed by atoms with Crippen LogP contribution in [0.3, 0.4) is 0 Å². The first-order valence-electron chi connectivity index (χ1n) is 10.1. The molecule has 7 heteroatoms. The van der Waals surface area contributed by atoms with E-state index in [1.165, 1.54) is 11.0 Å². The Morgan fingerprint density at radius 3 is 2.37 bits per heavy atom. The molecule has 1 saturated carbocycles. The maximum Gasteiger partial charge on any atom is 0.242 e. The first-order chi connectivity index (χ1) is 14.4. The Morgan fingerprint density at radius 1 is 1.10 bits per heavy atom. The summed E-state index contributed by atoms with van der Waals surface area (Å²) in [6.45, 7) is 1.64. The molecule has 0 unspecified atom stereocenters. The zero-order valence-corrected chi connectivity index (χ0v) is 18.3. The van der Waals surface area contributed by atoms with Crippen molar-refractivity contribution in [1.29, 1.82) is 0 Å². The molecule has 1 N–H and O–H groups in total. The van der Waals surface area contributed by atoms with Gasteiger partial charge in [0.2, 0.25) is 11.8 Å². The Morgan fingerprint density at radius 2 is 1.73 bits per heavy atom. The van der Waals surface area contributed by atoms with Crippen LogP contribution in [0.25, 0.3) is 0 Å². The molecule has 4 nitrogen and oxygen atoms in total. The van der Waals surface area contributed by atoms with E-state index in [-0.39, 0.29) is 30.8 Å². The molecule has 0 radical (unpaired) electrons. The van der Waals surface area contributed by atoms with Crippen molar-refractivity contribution in [2.45, 2.75) is 57.7 Å². The largest absolute Gasteiger partial charge is 0.352 e. The Balaban J connectivity index is 1.83. The topological polar surface area (TPSA) is 49.4 Å². The van der Waals surface area contributed by atoms with Crippen molar-refractivity contribution >= 4 is 35.0 Å². The average molecular weight is 451 g/mol. The summed E-state index contributed by atoms with van der Waals surface area (Å²) >= 11 is 12.4. The second-order valence-electron chi connectivity index (χ2n) is 7.66. The molecule has 1 aliphatic rings. The van der Waals surface area contributed by atoms with Gasteiger partial charge in [-0.2, -0.15) is 0 Å². The van der Waals surface area contributed by atoms with Crippen molar-refractivity contribution in [1.82, 2.24) is 10.2 Å². The highest BCUT2D eigenvalue weighted by Crippen LogP contribution is 2.26. The lowest BCUT2D eigenvalue weighted by atomic mass is 10.1. The molecular weight excluding hydrogens is 426 g/mol. The molecule has 1 fully saturated rings. The maximum absolute atomic E-state index is 14.3. The van der Waals surface area contributed by atoms with E-state index in [2.05, 4.69) is 5.32 Å². The quantitative estimate of drug-likeness (QED) is 0.633. The second-order valence-corrected chi connectivity index (χ2v) is 8.47. The number of rotatable bonds is 7. The van der Waals surface area contributed by atoms with Crippen LogP contribution in [0.1, 0.15) is 43.7 Å². The molecule has 0 spiro atoms. The van der Waals surface area contributed by atoms with Crippen LogP contribution in [-0.2, 0) is 22.6 Å². The summed E-state index contributed by atoms with van der Waals surface area (Å²) in [7, 11) is 0. The number of halogens is 3. The van der Waals surface area contributed by atoms with Crippen LogP contribution in [0.4, 0.5) is 4.39 Å². The highest BCUT2D eigenvalue weighted by molar-refractivity contribution is 6.36. The van der Waals surface area contributed by atoms with Crippen LogP contribution in [0.15, 0.2) is 42.5 Å². The predicted molar refractivity (Wildman–Crippen MR) is 117 cm³/mol. The zero-order chi connectivity index (χ0) is 21.7. The molecule has 0 aromatic heterocycles. The van der Waals surface area contributed by atoms with Gasteiger partial charge in [0, 0.05) is 28.2 Å². The fourth-order valence-electron chi connectivity index (χ4n) is 3.74. The summed E-state index contributed by atoms with van der Waals surface area (Å²) in [5.74, 6) is -1.01. The number of hydrogen-bond acceptors (Lipinski definition) is 2. The lowest BCUT2D eigenvalue weighted by molar-refractivity contribution is -0.140. The third kappa shape index (κ3) is 5.52. The molecule has 3 rings (SSSR count). The van der Waals surface area contributed by atoms with Gasteiger partial charge in [0.25, 0.3) is 0 Å². The lowest BCUT2D eigenvalue weighted by Gasteiger charge is -2.30. The second kappa shape index (κ2) is 10.3. The minimum absolute atomic E-state index is 0.0210. The van der Waals surface area contributed by atoms with Crippen LogP contribution < -0.4 is 5.32 Å². The van der Waals surface area contributed by atoms with Crippen LogP contribution in [0, 0.1) is 5.82 Å². The molecule has 2 amide bonds. The SMILES string of the molecule is C[C@H](C(=O)NC1CCCC1)N(Cc1ccccc1F)C(=O)Cc1c(Cl)cccc1Cl. The van der Waals surface area contributed by atoms with Gasteiger partial charge in [-0.3, -0.25) is 9.59 Å². The Bertz CT molecular complexity index is 896. The van der Waals surface area contributed by atoms with Crippen molar-refractivity contribution in [3.8, 4) is 0 Å². The third-order valence-corrected chi connectivity index (χ3v) is 6.27. The van der Waals surface area contributed by atoms with Crippen LogP contribution >= 0.6 is 23.2 Å². The standard InChI is InChI=1S/C23H25Cl2FN2O2/c1-15(23(30)27-17-8-3-4-9-17)28(14-16-7-2-5-12-21(16)26)22(29)13-18-19(24)10-6-11-20(18)25/h2,5-7,10-12,15,17H,3-4,8-9,13-14H2,1H3,(H,27,30)/t15-/m1/s1. The van der Waals surface area contributed by atoms with E-state index in [1.54, 1.807) is 43.3 Å². The van der Waals surface area contributed by atoms with Crippen molar-refractivity contribution < 1.29 is 14.0 Å². The van der Waals surface area contributed by atoms with E-state index >= 15 is 0 Å². The maximum atomic E-state index is 14.3. The van der Waals surface area contributed by atoms with Crippen molar-refractivity contribution in [3.05, 3.63) is 69.5 Å². The molecule has 0 heterocycles. The number of carbonyl (C=O) groups is 2. The Hall–Kier alpha value is -2.11. The fourth-order valence-corrected chi connectivity index (χ4v) is 4.27. The van der Waals surface area contributed by atoms with Gasteiger partial charge in [-0.15, -0.1) is 0 Å². The highest BCUT2D eigenvalue weighted by Gasteiger charge is 2.29. The molecule has 1 atom stereocenters. The summed E-state index contributed by atoms with van der Waals surface area (Å²) in [6, 6.07) is 10.6. The molecule has 30 heavy (non-hydrogen) atoms. The summed E-state index contributed by atoms with van der Waals surface area (Å²) in [6.07, 6.45) is 3.97. The van der Waals surface area contributed by atoms with Crippen LogP contribution in [0.5, 0.6) is 0 Å². The van der Waals surface area contributed by atoms with E-state index in [0.29, 0.717) is 21.2 Å². The van der Waals surface area contributed by atoms with Gasteiger partial charge in [-0.1, -0.05) is 60.3 Å². The summed E-state index contributed by atoms with van der Waals surface area (Å²) < 4.78 is 14.3. The fraction of sp³-hybridized carbons (Fsp3) is 0.391. The van der Waals surface area contributed by atoms with Crippen molar-refractivity contribution in [3.63, 3.8) is 0 Å². The number of amides is 2. The number of nitrogens with one attached hydrogen (secondary N) is 1. The Kier molecular flexibility index (Phi) is 7.73. The number of hydrogen-bond donors (Lipinski definition) is 1. The van der Waals surface area contributed by atoms with E-state index in [1.807, 2.05) is 0 Å². The number of nitrogens with zero attached hydrogens (tertiary/aromatic N) is 1. The minimum Gasteiger partial charge on any atom is -0.352 e. The van der Waals surface area contributed by atoms with Crippen LogP contribution in [-0.4, -0.2) is 28.8 Å². The van der Waals surface area contributed by atoms with E-state index in [0.717, 1.165) is 25.7 Å². The highest BCUT2D eigenvalue weighted by atomic mass is 35.5. The van der Waals surface area contributed by atoms with Gasteiger partial charge in [-0.05, 0) is 43.5 Å². The molecule has 2 aromatic rings. The van der Waals surface area contributed by atoms with E-state index in [4.69, 9.17) is 23.2 Å². The predicted octanol–water partition coefficient (Wildman–Crippen LogP) is 5.15. The first kappa shape index (κ1) is 22.6. The normalized spacial score (nSPS) is 15.1. The van der Waals surface area contributed by atoms with Gasteiger partial charge in [0.15, 0.2) is 0 Å². The summed E-state index contributed by atoms with van der Waals surface area (Å²) in [4.78, 5) is 27.5. The molecule has 0 aliphatic heterocycles. The molecule has 0 saturated heterocycles. The Labute approximate surface area is 186 Å². The number of benzene rings is 2. The lowest BCUT2D eigenvalue weighted by Crippen LogP contribution is -2.50. The monoisotopic (exact) mass is 450 g/mol. The molecule has 2 aromatic carbocycles. The van der Waals surface area contributed by atoms with E-state index < -0.39 is 11.9 Å². The van der Waals surface area contributed by atoms with Crippen molar-refractivity contribution in [2.75, 3.05) is 0 Å². The smallest absolute Gasteiger partial charge is 0.242 e. The van der Waals surface area contributed by atoms with Gasteiger partial charge in [0.1, 0.15) is 11.9 Å². The minimum atomic E-state index is -0.765. The van der Waals surface area contributed by atoms with Gasteiger partial charge in [-0.25, -0.2) is 4.39 Å². The van der Waals surface area contributed by atoms with Crippen molar-refractivity contribution in [2.24, 2.45) is 0 Å². The van der Waals surface area contributed by atoms with Gasteiger partial charge >= 0.3 is 0 Å². The molecular formula is C23H25Cl2FN2O2. The first-order valence-corrected chi connectivity index (χ1v) is 10.9. The van der Waals surface area contributed by atoms with Gasteiger partial charge < -0.3 is 10.2 Å². The van der Waals surface area contributed by atoms with E-state index in [9.17, 15) is 14.0 Å². The van der Waals surface area contributed by atoms with Gasteiger partial charge in [0.05, 0.1) is 6.42 Å². The van der Waals surface area contributed by atoms with Crippen LogP contribution in [0.2, 0.25) is 10.0 Å². The summed E-state index contributed by atoms with van der Waals surface area (Å²) in [5.41, 5.74) is 0.837. The number of carbonyl (C=O) groups excluding carboxylic acids is 2. The molecule has 1 aliphatic carbocycles. The average Bonchev–Trinajstić information content (AvgIpc) is 3.22. The summed E-state index contributed by atoms with van der Waals surface area (Å²) in [5, 5.41) is 3.78. The third-order valence-electron chi connectivity index (χ3n) is 5.56.